The summed E-state index contributed by atoms with van der Waals surface area (Å²) < 4.78 is 0. The van der Waals surface area contributed by atoms with Gasteiger partial charge >= 0.3 is 6.03 Å². The topological polar surface area (TPSA) is 75.4 Å². The van der Waals surface area contributed by atoms with E-state index < -0.39 is 0 Å². The molecular weight excluding hydrogens is 238 g/mol. The highest BCUT2D eigenvalue weighted by atomic mass is 32.1. The van der Waals surface area contributed by atoms with Crippen LogP contribution in [0.15, 0.2) is 24.3 Å². The molecular formula is C11H11N3O2S. The molecule has 1 saturated heterocycles. The maximum atomic E-state index is 11.4. The van der Waals surface area contributed by atoms with Crippen molar-refractivity contribution in [1.82, 2.24) is 10.2 Å². The number of benzene rings is 1. The van der Waals surface area contributed by atoms with Crippen molar-refractivity contribution in [2.24, 2.45) is 5.73 Å². The Kier molecular flexibility index (Phi) is 3.06. The fraction of sp³-hybridized carbons (Fsp3) is 0.182. The molecule has 0 aliphatic carbocycles. The third-order valence-electron chi connectivity index (χ3n) is 2.49. The molecule has 6 heteroatoms. The average Bonchev–Trinajstić information content (AvgIpc) is 2.61. The lowest BCUT2D eigenvalue weighted by molar-refractivity contribution is -0.125. The lowest BCUT2D eigenvalue weighted by Crippen LogP contribution is -2.30. The Morgan fingerprint density at radius 1 is 1.47 bits per heavy atom. The van der Waals surface area contributed by atoms with E-state index >= 15 is 0 Å². The van der Waals surface area contributed by atoms with Gasteiger partial charge in [-0.15, -0.1) is 0 Å². The van der Waals surface area contributed by atoms with Crippen molar-refractivity contribution in [3.63, 3.8) is 0 Å². The van der Waals surface area contributed by atoms with Crippen molar-refractivity contribution in [1.29, 1.82) is 0 Å². The van der Waals surface area contributed by atoms with Crippen molar-refractivity contribution in [3.8, 4) is 0 Å². The van der Waals surface area contributed by atoms with Gasteiger partial charge in [-0.2, -0.15) is 0 Å². The molecule has 1 aromatic carbocycles. The Balaban J connectivity index is 2.18. The average molecular weight is 249 g/mol. The third-order valence-corrected chi connectivity index (χ3v) is 2.72. The Labute approximate surface area is 104 Å². The molecule has 0 saturated carbocycles. The molecule has 1 heterocycles. The summed E-state index contributed by atoms with van der Waals surface area (Å²) in [6, 6.07) is 6.82. The molecule has 1 aromatic rings. The van der Waals surface area contributed by atoms with Crippen LogP contribution in [0.25, 0.3) is 0 Å². The predicted molar refractivity (Wildman–Crippen MR) is 66.3 cm³/mol. The van der Waals surface area contributed by atoms with Gasteiger partial charge in [0.25, 0.3) is 0 Å². The second kappa shape index (κ2) is 4.50. The molecule has 88 valence electrons. The zero-order valence-electron chi connectivity index (χ0n) is 8.97. The lowest BCUT2D eigenvalue weighted by Gasteiger charge is -2.12. The Morgan fingerprint density at radius 2 is 2.24 bits per heavy atom. The molecule has 2 rings (SSSR count). The largest absolute Gasteiger partial charge is 0.389 e. The number of hydrogen-bond acceptors (Lipinski definition) is 3. The molecule has 0 bridgehead atoms. The molecule has 0 atom stereocenters. The van der Waals surface area contributed by atoms with E-state index in [-0.39, 0.29) is 25.0 Å². The number of imide groups is 1. The highest BCUT2D eigenvalue weighted by Gasteiger charge is 2.28. The molecule has 0 spiro atoms. The number of amides is 3. The molecule has 1 fully saturated rings. The molecule has 5 nitrogen and oxygen atoms in total. The van der Waals surface area contributed by atoms with Gasteiger partial charge in [0.2, 0.25) is 5.91 Å². The number of thiocarbonyl (C=S) groups is 1. The molecule has 1 aliphatic rings. The van der Waals surface area contributed by atoms with Gasteiger partial charge in [0, 0.05) is 5.56 Å². The maximum Gasteiger partial charge on any atom is 0.324 e. The maximum absolute atomic E-state index is 11.4. The van der Waals surface area contributed by atoms with Crippen molar-refractivity contribution in [2.75, 3.05) is 6.54 Å². The van der Waals surface area contributed by atoms with Gasteiger partial charge in [-0.3, -0.25) is 9.69 Å². The van der Waals surface area contributed by atoms with Crippen LogP contribution in [0, 0.1) is 0 Å². The quantitative estimate of drug-likeness (QED) is 0.599. The van der Waals surface area contributed by atoms with E-state index in [0.29, 0.717) is 4.99 Å². The van der Waals surface area contributed by atoms with Gasteiger partial charge in [-0.05, 0) is 11.6 Å². The van der Waals surface area contributed by atoms with Crippen LogP contribution >= 0.6 is 12.2 Å². The Hall–Kier alpha value is -1.95. The minimum atomic E-state index is -0.365. The summed E-state index contributed by atoms with van der Waals surface area (Å²) in [6.45, 7) is 0.301. The smallest absolute Gasteiger partial charge is 0.324 e. The van der Waals surface area contributed by atoms with E-state index in [1.807, 2.05) is 6.07 Å². The van der Waals surface area contributed by atoms with Crippen LogP contribution < -0.4 is 11.1 Å². The minimum absolute atomic E-state index is 0.0633. The van der Waals surface area contributed by atoms with E-state index in [1.54, 1.807) is 18.2 Å². The zero-order valence-corrected chi connectivity index (χ0v) is 9.79. The molecule has 17 heavy (non-hydrogen) atoms. The second-order valence-electron chi connectivity index (χ2n) is 3.70. The molecule has 3 amide bonds. The molecule has 0 aromatic heterocycles. The molecule has 1 aliphatic heterocycles. The molecule has 0 radical (unpaired) electrons. The summed E-state index contributed by atoms with van der Waals surface area (Å²) in [5.41, 5.74) is 7.06. The van der Waals surface area contributed by atoms with Crippen molar-refractivity contribution in [2.45, 2.75) is 6.54 Å². The second-order valence-corrected chi connectivity index (χ2v) is 4.14. The zero-order chi connectivity index (χ0) is 12.4. The lowest BCUT2D eigenvalue weighted by atomic mass is 10.1. The van der Waals surface area contributed by atoms with Gasteiger partial charge in [0.1, 0.15) is 4.99 Å². The van der Waals surface area contributed by atoms with Crippen molar-refractivity contribution in [3.05, 3.63) is 35.4 Å². The minimum Gasteiger partial charge on any atom is -0.389 e. The summed E-state index contributed by atoms with van der Waals surface area (Å²) in [4.78, 5) is 24.2. The highest BCUT2D eigenvalue weighted by Crippen LogP contribution is 2.10. The van der Waals surface area contributed by atoms with E-state index in [1.165, 1.54) is 4.90 Å². The fourth-order valence-electron chi connectivity index (χ4n) is 1.62. The van der Waals surface area contributed by atoms with Gasteiger partial charge in [0.15, 0.2) is 0 Å². The number of urea groups is 1. The van der Waals surface area contributed by atoms with Crippen molar-refractivity contribution < 1.29 is 9.59 Å². The van der Waals surface area contributed by atoms with Crippen LogP contribution in [0.3, 0.4) is 0 Å². The van der Waals surface area contributed by atoms with Crippen LogP contribution in [0.4, 0.5) is 4.79 Å². The summed E-state index contributed by atoms with van der Waals surface area (Å²) in [7, 11) is 0. The first kappa shape index (κ1) is 11.5. The summed E-state index contributed by atoms with van der Waals surface area (Å²) in [5.74, 6) is -0.226. The fourth-order valence-corrected chi connectivity index (χ4v) is 1.75. The first-order valence-corrected chi connectivity index (χ1v) is 5.45. The van der Waals surface area contributed by atoms with Crippen LogP contribution in [0.5, 0.6) is 0 Å². The van der Waals surface area contributed by atoms with Gasteiger partial charge in [0.05, 0.1) is 13.1 Å². The van der Waals surface area contributed by atoms with Crippen LogP contribution in [-0.4, -0.2) is 28.4 Å². The standard InChI is InChI=1S/C11H11N3O2S/c12-10(17)8-3-1-2-7(4-8)6-14-9(15)5-13-11(14)16/h1-4H,5-6H2,(H2,12,17)(H,13,16). The van der Waals surface area contributed by atoms with E-state index in [4.69, 9.17) is 18.0 Å². The Bertz CT molecular complexity index is 485. The number of nitrogens with two attached hydrogens (primary N) is 1. The predicted octanol–water partition coefficient (Wildman–Crippen LogP) is 0.373. The van der Waals surface area contributed by atoms with E-state index in [9.17, 15) is 9.59 Å². The van der Waals surface area contributed by atoms with Gasteiger partial charge in [-0.25, -0.2) is 4.79 Å². The molecule has 3 N–H and O–H groups in total. The van der Waals surface area contributed by atoms with Gasteiger partial charge < -0.3 is 11.1 Å². The summed E-state index contributed by atoms with van der Waals surface area (Å²) in [5, 5.41) is 2.46. The first-order valence-electron chi connectivity index (χ1n) is 5.05. The van der Waals surface area contributed by atoms with Gasteiger partial charge in [-0.1, -0.05) is 30.4 Å². The number of hydrogen-bond donors (Lipinski definition) is 2. The monoisotopic (exact) mass is 249 g/mol. The number of carbonyl (C=O) groups is 2. The Morgan fingerprint density at radius 3 is 2.82 bits per heavy atom. The van der Waals surface area contributed by atoms with Crippen molar-refractivity contribution >= 4 is 29.1 Å². The number of rotatable bonds is 3. The highest BCUT2D eigenvalue weighted by molar-refractivity contribution is 7.80. The van der Waals surface area contributed by atoms with Crippen LogP contribution in [0.2, 0.25) is 0 Å². The molecule has 0 unspecified atom stereocenters. The number of nitrogens with zero attached hydrogens (tertiary/aromatic N) is 1. The normalized spacial score (nSPS) is 14.9. The SMILES string of the molecule is NC(=S)c1cccc(CN2C(=O)CNC2=O)c1. The number of nitrogens with one attached hydrogen (secondary N) is 1. The summed E-state index contributed by atoms with van der Waals surface area (Å²) >= 11 is 4.87. The van der Waals surface area contributed by atoms with E-state index in [2.05, 4.69) is 5.32 Å². The number of carbonyl (C=O) groups excluding carboxylic acids is 2. The summed E-state index contributed by atoms with van der Waals surface area (Å²) in [6.07, 6.45) is 0. The van der Waals surface area contributed by atoms with Crippen LogP contribution in [-0.2, 0) is 11.3 Å². The third kappa shape index (κ3) is 2.42. The first-order chi connectivity index (χ1) is 8.08. The van der Waals surface area contributed by atoms with Crippen LogP contribution in [0.1, 0.15) is 11.1 Å². The van der Waals surface area contributed by atoms with E-state index in [0.717, 1.165) is 11.1 Å².